The van der Waals surface area contributed by atoms with Gasteiger partial charge >= 0.3 is 0 Å². The summed E-state index contributed by atoms with van der Waals surface area (Å²) in [5.41, 5.74) is 8.16. The van der Waals surface area contributed by atoms with Crippen LogP contribution >= 0.6 is 11.6 Å². The van der Waals surface area contributed by atoms with Crippen LogP contribution in [0.5, 0.6) is 0 Å². The van der Waals surface area contributed by atoms with Crippen LogP contribution < -0.4 is 10.6 Å². The van der Waals surface area contributed by atoms with E-state index in [9.17, 15) is 4.79 Å². The summed E-state index contributed by atoms with van der Waals surface area (Å²) in [6.07, 6.45) is 0.904. The normalized spacial score (nSPS) is 20.6. The molecule has 0 aliphatic carbocycles. The predicted molar refractivity (Wildman–Crippen MR) is 66.7 cm³/mol. The van der Waals surface area contributed by atoms with E-state index in [-0.39, 0.29) is 11.8 Å². The number of carbonyl (C=O) groups is 1. The zero-order valence-electron chi connectivity index (χ0n) is 9.46. The van der Waals surface area contributed by atoms with Gasteiger partial charge in [0.25, 0.3) is 0 Å². The molecule has 1 aliphatic rings. The van der Waals surface area contributed by atoms with Gasteiger partial charge in [-0.15, -0.1) is 0 Å². The highest BCUT2D eigenvalue weighted by Gasteiger charge is 2.29. The number of nitrogens with two attached hydrogens (primary N) is 1. The topological polar surface area (TPSA) is 46.3 Å². The van der Waals surface area contributed by atoms with Crippen molar-refractivity contribution in [2.75, 3.05) is 17.2 Å². The van der Waals surface area contributed by atoms with Gasteiger partial charge in [-0.2, -0.15) is 0 Å². The Morgan fingerprint density at radius 2 is 2.19 bits per heavy atom. The Balaban J connectivity index is 2.41. The minimum absolute atomic E-state index is 0.108. The molecule has 16 heavy (non-hydrogen) atoms. The Bertz CT molecular complexity index is 445. The standard InChI is InChI=1S/C12H15ClN2O/c1-7-3-4-15(12(7)16)11-6-10(14)9(13)5-8(11)2/h5-7H,3-4,14H2,1-2H3. The van der Waals surface area contributed by atoms with E-state index in [2.05, 4.69) is 0 Å². The summed E-state index contributed by atoms with van der Waals surface area (Å²) < 4.78 is 0. The first-order valence-corrected chi connectivity index (χ1v) is 5.75. The number of hydrogen-bond acceptors (Lipinski definition) is 2. The van der Waals surface area contributed by atoms with Gasteiger partial charge in [-0.3, -0.25) is 4.79 Å². The first-order valence-electron chi connectivity index (χ1n) is 5.37. The van der Waals surface area contributed by atoms with Crippen LogP contribution in [0.2, 0.25) is 5.02 Å². The van der Waals surface area contributed by atoms with E-state index in [1.165, 1.54) is 0 Å². The van der Waals surface area contributed by atoms with Gasteiger partial charge in [0, 0.05) is 18.2 Å². The van der Waals surface area contributed by atoms with Crippen molar-refractivity contribution in [3.63, 3.8) is 0 Å². The van der Waals surface area contributed by atoms with Crippen LogP contribution in [-0.4, -0.2) is 12.5 Å². The van der Waals surface area contributed by atoms with Gasteiger partial charge in [-0.25, -0.2) is 0 Å². The van der Waals surface area contributed by atoms with Crippen LogP contribution in [0.15, 0.2) is 12.1 Å². The minimum Gasteiger partial charge on any atom is -0.397 e. The molecule has 2 N–H and O–H groups in total. The number of anilines is 2. The third-order valence-corrected chi connectivity index (χ3v) is 3.41. The Labute approximate surface area is 100 Å². The maximum atomic E-state index is 11.9. The molecule has 0 radical (unpaired) electrons. The van der Waals surface area contributed by atoms with E-state index in [1.54, 1.807) is 11.0 Å². The summed E-state index contributed by atoms with van der Waals surface area (Å²) in [5, 5.41) is 0.543. The summed E-state index contributed by atoms with van der Waals surface area (Å²) in [5.74, 6) is 0.279. The molecule has 0 aromatic heterocycles. The van der Waals surface area contributed by atoms with Gasteiger partial charge in [0.1, 0.15) is 0 Å². The van der Waals surface area contributed by atoms with Crippen molar-refractivity contribution in [1.82, 2.24) is 0 Å². The molecular weight excluding hydrogens is 224 g/mol. The van der Waals surface area contributed by atoms with Crippen LogP contribution in [-0.2, 0) is 4.79 Å². The third kappa shape index (κ3) is 1.76. The molecule has 86 valence electrons. The Morgan fingerprint density at radius 3 is 2.75 bits per heavy atom. The Hall–Kier alpha value is -1.22. The largest absolute Gasteiger partial charge is 0.397 e. The van der Waals surface area contributed by atoms with Crippen molar-refractivity contribution in [2.45, 2.75) is 20.3 Å². The number of nitrogens with zero attached hydrogens (tertiary/aromatic N) is 1. The fourth-order valence-corrected chi connectivity index (χ4v) is 2.25. The second-order valence-electron chi connectivity index (χ2n) is 4.34. The zero-order chi connectivity index (χ0) is 11.9. The average molecular weight is 239 g/mol. The van der Waals surface area contributed by atoms with Crippen LogP contribution in [0.3, 0.4) is 0 Å². The van der Waals surface area contributed by atoms with E-state index in [0.717, 1.165) is 24.2 Å². The maximum absolute atomic E-state index is 11.9. The summed E-state index contributed by atoms with van der Waals surface area (Å²) in [6.45, 7) is 4.66. The maximum Gasteiger partial charge on any atom is 0.229 e. The summed E-state index contributed by atoms with van der Waals surface area (Å²) in [6, 6.07) is 3.59. The number of nitrogen functional groups attached to an aromatic ring is 1. The quantitative estimate of drug-likeness (QED) is 0.765. The van der Waals surface area contributed by atoms with Crippen molar-refractivity contribution >= 4 is 28.9 Å². The number of carbonyl (C=O) groups excluding carboxylic acids is 1. The lowest BCUT2D eigenvalue weighted by Crippen LogP contribution is -2.27. The predicted octanol–water partition coefficient (Wildman–Crippen LogP) is 2.60. The van der Waals surface area contributed by atoms with Crippen molar-refractivity contribution in [2.24, 2.45) is 5.92 Å². The van der Waals surface area contributed by atoms with Crippen LogP contribution in [0.4, 0.5) is 11.4 Å². The molecule has 2 rings (SSSR count). The van der Waals surface area contributed by atoms with Gasteiger partial charge in [-0.05, 0) is 31.0 Å². The highest BCUT2D eigenvalue weighted by molar-refractivity contribution is 6.33. The Morgan fingerprint density at radius 1 is 1.50 bits per heavy atom. The minimum atomic E-state index is 0.108. The van der Waals surface area contributed by atoms with Crippen LogP contribution in [0, 0.1) is 12.8 Å². The summed E-state index contributed by atoms with van der Waals surface area (Å²) in [4.78, 5) is 13.7. The first-order chi connectivity index (χ1) is 7.50. The molecule has 1 amide bonds. The first kappa shape index (κ1) is 11.3. The monoisotopic (exact) mass is 238 g/mol. The fraction of sp³-hybridized carbons (Fsp3) is 0.417. The molecule has 1 fully saturated rings. The number of benzene rings is 1. The Kier molecular flexibility index (Phi) is 2.80. The molecular formula is C12H15ClN2O. The molecule has 0 bridgehead atoms. The lowest BCUT2D eigenvalue weighted by molar-refractivity contribution is -0.119. The number of rotatable bonds is 1. The van der Waals surface area contributed by atoms with E-state index < -0.39 is 0 Å². The lowest BCUT2D eigenvalue weighted by atomic mass is 10.1. The highest BCUT2D eigenvalue weighted by atomic mass is 35.5. The van der Waals surface area contributed by atoms with Crippen molar-refractivity contribution in [3.8, 4) is 0 Å². The van der Waals surface area contributed by atoms with Crippen LogP contribution in [0.1, 0.15) is 18.9 Å². The number of hydrogen-bond donors (Lipinski definition) is 1. The molecule has 1 aliphatic heterocycles. The number of aryl methyl sites for hydroxylation is 1. The SMILES string of the molecule is Cc1cc(Cl)c(N)cc1N1CCC(C)C1=O. The second kappa shape index (κ2) is 3.98. The van der Waals surface area contributed by atoms with E-state index in [4.69, 9.17) is 17.3 Å². The van der Waals surface area contributed by atoms with Gasteiger partial charge < -0.3 is 10.6 Å². The molecule has 1 aromatic carbocycles. The molecule has 4 heteroatoms. The average Bonchev–Trinajstić information content (AvgIpc) is 2.54. The van der Waals surface area contributed by atoms with Gasteiger partial charge in [0.05, 0.1) is 10.7 Å². The molecule has 1 aromatic rings. The lowest BCUT2D eigenvalue weighted by Gasteiger charge is -2.19. The molecule has 1 atom stereocenters. The fourth-order valence-electron chi connectivity index (χ4n) is 2.03. The number of halogens is 1. The smallest absolute Gasteiger partial charge is 0.229 e. The zero-order valence-corrected chi connectivity index (χ0v) is 10.2. The molecule has 1 unspecified atom stereocenters. The summed E-state index contributed by atoms with van der Waals surface area (Å²) >= 11 is 5.93. The summed E-state index contributed by atoms with van der Waals surface area (Å²) in [7, 11) is 0. The van der Waals surface area contributed by atoms with Gasteiger partial charge in [0.2, 0.25) is 5.91 Å². The molecule has 1 saturated heterocycles. The molecule has 0 saturated carbocycles. The molecule has 3 nitrogen and oxygen atoms in total. The molecule has 0 spiro atoms. The van der Waals surface area contributed by atoms with Crippen LogP contribution in [0.25, 0.3) is 0 Å². The van der Waals surface area contributed by atoms with Crippen molar-refractivity contribution in [1.29, 1.82) is 0 Å². The number of amides is 1. The van der Waals surface area contributed by atoms with E-state index >= 15 is 0 Å². The third-order valence-electron chi connectivity index (χ3n) is 3.08. The van der Waals surface area contributed by atoms with E-state index in [1.807, 2.05) is 19.9 Å². The van der Waals surface area contributed by atoms with E-state index in [0.29, 0.717) is 10.7 Å². The molecule has 1 heterocycles. The van der Waals surface area contributed by atoms with Gasteiger partial charge in [0.15, 0.2) is 0 Å². The van der Waals surface area contributed by atoms with Crippen molar-refractivity contribution in [3.05, 3.63) is 22.7 Å². The van der Waals surface area contributed by atoms with Gasteiger partial charge in [-0.1, -0.05) is 18.5 Å². The van der Waals surface area contributed by atoms with Crippen molar-refractivity contribution < 1.29 is 4.79 Å². The second-order valence-corrected chi connectivity index (χ2v) is 4.75. The highest BCUT2D eigenvalue weighted by Crippen LogP contribution is 2.32.